The number of rotatable bonds is 5. The maximum atomic E-state index is 13.3. The molecule has 0 fully saturated rings. The molecule has 0 radical (unpaired) electrons. The number of hydrogen-bond acceptors (Lipinski definition) is 5. The van der Waals surface area contributed by atoms with Crippen molar-refractivity contribution in [2.24, 2.45) is 0 Å². The molecule has 0 aliphatic carbocycles. The minimum atomic E-state index is -4.97. The molecular weight excluding hydrogens is 462 g/mol. The van der Waals surface area contributed by atoms with E-state index in [9.17, 15) is 41.0 Å². The predicted octanol–water partition coefficient (Wildman–Crippen LogP) is 3.74. The Kier molecular flexibility index (Phi) is 6.02. The molecule has 3 rings (SSSR count). The van der Waals surface area contributed by atoms with Crippen LogP contribution in [0, 0.1) is 5.82 Å². The first-order valence-electron chi connectivity index (χ1n) is 8.83. The Hall–Kier alpha value is -2.31. The molecular formula is C19H17F4NO5S2. The highest BCUT2D eigenvalue weighted by Crippen LogP contribution is 2.45. The van der Waals surface area contributed by atoms with Gasteiger partial charge in [-0.3, -0.25) is 9.10 Å². The van der Waals surface area contributed by atoms with Gasteiger partial charge in [0.2, 0.25) is 0 Å². The molecule has 1 aliphatic heterocycles. The summed E-state index contributed by atoms with van der Waals surface area (Å²) in [5, 5.41) is 19.2. The molecule has 0 bridgehead atoms. The number of fused-ring (bicyclic) bond motifs is 1. The van der Waals surface area contributed by atoms with Crippen molar-refractivity contribution in [2.75, 3.05) is 10.1 Å². The van der Waals surface area contributed by atoms with Crippen LogP contribution in [0.2, 0.25) is 0 Å². The molecule has 12 heteroatoms. The normalized spacial score (nSPS) is 18.9. The smallest absolute Gasteiger partial charge is 0.421 e. The zero-order valence-corrected chi connectivity index (χ0v) is 17.6. The second kappa shape index (κ2) is 7.99. The number of anilines is 1. The highest BCUT2D eigenvalue weighted by molar-refractivity contribution is 8.00. The van der Waals surface area contributed by atoms with Crippen molar-refractivity contribution in [3.8, 4) is 0 Å². The lowest BCUT2D eigenvalue weighted by Gasteiger charge is -2.37. The van der Waals surface area contributed by atoms with Gasteiger partial charge in [-0.2, -0.15) is 13.2 Å². The summed E-state index contributed by atoms with van der Waals surface area (Å²) in [6, 6.07) is 5.97. The van der Waals surface area contributed by atoms with Gasteiger partial charge in [0.15, 0.2) is 5.60 Å². The zero-order valence-electron chi connectivity index (χ0n) is 15.9. The fourth-order valence-corrected chi connectivity index (χ4v) is 6.10. The monoisotopic (exact) mass is 479 g/mol. The molecule has 0 saturated heterocycles. The highest BCUT2D eigenvalue weighted by atomic mass is 32.2. The SMILES string of the molecule is CC(O)(c1ccc2c(c1)SC[C@H](CC(=O)O)N2S(=O)(=O)c1ccc(F)cc1)C(F)(F)F. The molecule has 2 aromatic rings. The van der Waals surface area contributed by atoms with Crippen molar-refractivity contribution < 1.29 is 41.0 Å². The van der Waals surface area contributed by atoms with E-state index in [2.05, 4.69) is 0 Å². The third kappa shape index (κ3) is 4.37. The van der Waals surface area contributed by atoms with Crippen LogP contribution in [0.25, 0.3) is 0 Å². The average molecular weight is 479 g/mol. The molecule has 168 valence electrons. The second-order valence-electron chi connectivity index (χ2n) is 7.07. The number of thioether (sulfide) groups is 1. The highest BCUT2D eigenvalue weighted by Gasteiger charge is 2.51. The van der Waals surface area contributed by atoms with E-state index in [1.165, 1.54) is 0 Å². The summed E-state index contributed by atoms with van der Waals surface area (Å²) < 4.78 is 80.3. The van der Waals surface area contributed by atoms with Gasteiger partial charge < -0.3 is 10.2 Å². The van der Waals surface area contributed by atoms with Crippen LogP contribution in [0.15, 0.2) is 52.3 Å². The summed E-state index contributed by atoms with van der Waals surface area (Å²) in [7, 11) is -4.36. The molecule has 2 atom stereocenters. The maximum absolute atomic E-state index is 13.3. The fraction of sp³-hybridized carbons (Fsp3) is 0.316. The summed E-state index contributed by atoms with van der Waals surface area (Å²) in [4.78, 5) is 11.1. The first-order chi connectivity index (χ1) is 14.2. The number of halogens is 4. The Balaban J connectivity index is 2.14. The Morgan fingerprint density at radius 2 is 1.81 bits per heavy atom. The van der Waals surface area contributed by atoms with E-state index in [-0.39, 0.29) is 21.2 Å². The average Bonchev–Trinajstić information content (AvgIpc) is 2.66. The van der Waals surface area contributed by atoms with E-state index in [0.717, 1.165) is 58.5 Å². The minimum Gasteiger partial charge on any atom is -0.481 e. The maximum Gasteiger partial charge on any atom is 0.421 e. The van der Waals surface area contributed by atoms with E-state index < -0.39 is 51.6 Å². The lowest BCUT2D eigenvalue weighted by molar-refractivity contribution is -0.258. The van der Waals surface area contributed by atoms with Gasteiger partial charge >= 0.3 is 12.1 Å². The lowest BCUT2D eigenvalue weighted by Crippen LogP contribution is -2.45. The third-order valence-corrected chi connectivity index (χ3v) is 7.92. The molecule has 2 aromatic carbocycles. The summed E-state index contributed by atoms with van der Waals surface area (Å²) in [5.41, 5.74) is -3.67. The molecule has 0 saturated carbocycles. The first-order valence-corrected chi connectivity index (χ1v) is 11.3. The molecule has 1 unspecified atom stereocenters. The first kappa shape index (κ1) is 23.4. The number of benzene rings is 2. The van der Waals surface area contributed by atoms with Crippen LogP contribution in [0.1, 0.15) is 18.9 Å². The van der Waals surface area contributed by atoms with E-state index in [1.807, 2.05) is 0 Å². The fourth-order valence-electron chi connectivity index (χ4n) is 3.12. The molecule has 0 spiro atoms. The van der Waals surface area contributed by atoms with Gasteiger partial charge in [0, 0.05) is 10.6 Å². The number of sulfonamides is 1. The third-order valence-electron chi connectivity index (χ3n) is 4.85. The molecule has 0 aromatic heterocycles. The molecule has 1 heterocycles. The van der Waals surface area contributed by atoms with Gasteiger partial charge in [0.05, 0.1) is 23.0 Å². The van der Waals surface area contributed by atoms with Gasteiger partial charge in [0.25, 0.3) is 10.0 Å². The van der Waals surface area contributed by atoms with Gasteiger partial charge in [-0.15, -0.1) is 11.8 Å². The Labute approximate surface area is 179 Å². The molecule has 6 nitrogen and oxygen atoms in total. The van der Waals surface area contributed by atoms with Crippen molar-refractivity contribution in [3.05, 3.63) is 53.8 Å². The van der Waals surface area contributed by atoms with E-state index >= 15 is 0 Å². The van der Waals surface area contributed by atoms with Crippen molar-refractivity contribution in [2.45, 2.75) is 41.0 Å². The Morgan fingerprint density at radius 1 is 1.19 bits per heavy atom. The molecule has 1 aliphatic rings. The van der Waals surface area contributed by atoms with Crippen LogP contribution in [0.5, 0.6) is 0 Å². The Morgan fingerprint density at radius 3 is 2.35 bits per heavy atom. The number of aliphatic hydroxyl groups is 1. The van der Waals surface area contributed by atoms with Crippen LogP contribution < -0.4 is 4.31 Å². The van der Waals surface area contributed by atoms with Crippen LogP contribution in [-0.2, 0) is 20.4 Å². The van der Waals surface area contributed by atoms with Gasteiger partial charge in [-0.1, -0.05) is 6.07 Å². The predicted molar refractivity (Wildman–Crippen MR) is 105 cm³/mol. The zero-order chi connectivity index (χ0) is 23.2. The van der Waals surface area contributed by atoms with E-state index in [0.29, 0.717) is 6.92 Å². The van der Waals surface area contributed by atoms with Crippen LogP contribution >= 0.6 is 11.8 Å². The number of hydrogen-bond donors (Lipinski definition) is 2. The lowest BCUT2D eigenvalue weighted by atomic mass is 9.95. The summed E-state index contributed by atoms with van der Waals surface area (Å²) in [5.74, 6) is -1.98. The molecule has 31 heavy (non-hydrogen) atoms. The van der Waals surface area contributed by atoms with Gasteiger partial charge in [-0.25, -0.2) is 12.8 Å². The standard InChI is InChI=1S/C19H17F4NO5S2/c1-18(27,19(21,22)23)11-2-7-15-16(8-11)30-10-13(9-17(25)26)24(15)31(28,29)14-5-3-12(20)4-6-14/h2-8,13,27H,9-10H2,1H3,(H,25,26)/t13-,18?/m0/s1. The molecule has 2 N–H and O–H groups in total. The summed E-state index contributed by atoms with van der Waals surface area (Å²) >= 11 is 0.989. The van der Waals surface area contributed by atoms with E-state index in [1.54, 1.807) is 0 Å². The quantitative estimate of drug-likeness (QED) is 0.635. The summed E-state index contributed by atoms with van der Waals surface area (Å²) in [6.45, 7) is 0.586. The number of aliphatic carboxylic acids is 1. The van der Waals surface area contributed by atoms with Crippen molar-refractivity contribution in [1.29, 1.82) is 0 Å². The number of carboxylic acid groups (broad SMARTS) is 1. The van der Waals surface area contributed by atoms with E-state index in [4.69, 9.17) is 0 Å². The van der Waals surface area contributed by atoms with Crippen molar-refractivity contribution in [3.63, 3.8) is 0 Å². The number of nitrogens with zero attached hydrogens (tertiary/aromatic N) is 1. The number of alkyl halides is 3. The van der Waals surface area contributed by atoms with Crippen LogP contribution in [0.4, 0.5) is 23.2 Å². The van der Waals surface area contributed by atoms with Crippen LogP contribution in [-0.4, -0.2) is 42.6 Å². The number of carbonyl (C=O) groups is 1. The van der Waals surface area contributed by atoms with Gasteiger partial charge in [0.1, 0.15) is 5.82 Å². The van der Waals surface area contributed by atoms with Gasteiger partial charge in [-0.05, 0) is 48.9 Å². The summed E-state index contributed by atoms with van der Waals surface area (Å²) in [6.07, 6.45) is -5.51. The van der Waals surface area contributed by atoms with Crippen molar-refractivity contribution >= 4 is 33.4 Å². The number of carboxylic acids is 1. The molecule has 0 amide bonds. The Bertz CT molecular complexity index is 1100. The van der Waals surface area contributed by atoms with Crippen LogP contribution in [0.3, 0.4) is 0 Å². The second-order valence-corrected chi connectivity index (χ2v) is 9.95. The minimum absolute atomic E-state index is 0.0199. The topological polar surface area (TPSA) is 94.9 Å². The largest absolute Gasteiger partial charge is 0.481 e. The van der Waals surface area contributed by atoms with Crippen molar-refractivity contribution in [1.82, 2.24) is 0 Å².